The molecule has 6 heteroatoms. The number of likely N-dealkylation sites (N-methyl/N-ethyl adjacent to an activating group) is 1. The summed E-state index contributed by atoms with van der Waals surface area (Å²) in [6.07, 6.45) is 1.54. The number of nitrogens with one attached hydrogen (secondary N) is 1. The van der Waals surface area contributed by atoms with Crippen LogP contribution in [0.5, 0.6) is 0 Å². The predicted octanol–water partition coefficient (Wildman–Crippen LogP) is -0.0702. The molecule has 0 aliphatic heterocycles. The number of nitrogens with zero attached hydrogens (tertiary/aromatic N) is 3. The highest BCUT2D eigenvalue weighted by molar-refractivity contribution is 5.47. The summed E-state index contributed by atoms with van der Waals surface area (Å²) in [6.45, 7) is 2.76. The molecule has 0 aliphatic rings. The highest BCUT2D eigenvalue weighted by atomic mass is 16.5. The van der Waals surface area contributed by atoms with E-state index in [2.05, 4.69) is 15.3 Å². The summed E-state index contributed by atoms with van der Waals surface area (Å²) < 4.78 is 4.95. The monoisotopic (exact) mass is 225 g/mol. The summed E-state index contributed by atoms with van der Waals surface area (Å²) in [5.74, 6) is 1.66. The molecule has 0 saturated carbocycles. The van der Waals surface area contributed by atoms with Gasteiger partial charge in [0.1, 0.15) is 18.0 Å². The second-order valence-electron chi connectivity index (χ2n) is 3.39. The van der Waals surface area contributed by atoms with Gasteiger partial charge in [-0.05, 0) is 0 Å². The number of hydrogen-bond donors (Lipinski definition) is 2. The molecule has 1 aromatic heterocycles. The van der Waals surface area contributed by atoms with Crippen molar-refractivity contribution in [2.75, 3.05) is 50.6 Å². The van der Waals surface area contributed by atoms with Gasteiger partial charge in [0.25, 0.3) is 0 Å². The fourth-order valence-electron chi connectivity index (χ4n) is 1.24. The maximum absolute atomic E-state index is 5.49. The Labute approximate surface area is 95.8 Å². The van der Waals surface area contributed by atoms with Crippen LogP contribution < -0.4 is 16.0 Å². The third kappa shape index (κ3) is 4.00. The molecule has 0 amide bonds. The zero-order chi connectivity index (χ0) is 11.8. The molecule has 3 N–H and O–H groups in total. The van der Waals surface area contributed by atoms with Crippen molar-refractivity contribution < 1.29 is 4.74 Å². The normalized spacial score (nSPS) is 10.2. The van der Waals surface area contributed by atoms with Gasteiger partial charge in [-0.15, -0.1) is 0 Å². The minimum Gasteiger partial charge on any atom is -0.383 e. The molecule has 6 nitrogen and oxygen atoms in total. The molecule has 16 heavy (non-hydrogen) atoms. The van der Waals surface area contributed by atoms with Gasteiger partial charge in [0, 0.05) is 39.9 Å². The lowest BCUT2D eigenvalue weighted by molar-refractivity contribution is 0.210. The SMILES string of the molecule is COCCNc1cc(N(C)CCN)ncn1. The van der Waals surface area contributed by atoms with Crippen molar-refractivity contribution >= 4 is 11.6 Å². The Hall–Kier alpha value is -1.40. The van der Waals surface area contributed by atoms with Crippen molar-refractivity contribution in [2.24, 2.45) is 5.73 Å². The Morgan fingerprint density at radius 2 is 2.31 bits per heavy atom. The van der Waals surface area contributed by atoms with Gasteiger partial charge in [0.05, 0.1) is 6.61 Å². The van der Waals surface area contributed by atoms with Gasteiger partial charge < -0.3 is 20.7 Å². The third-order valence-corrected chi connectivity index (χ3v) is 2.12. The fourth-order valence-corrected chi connectivity index (χ4v) is 1.24. The molecule has 1 aromatic rings. The quantitative estimate of drug-likeness (QED) is 0.633. The van der Waals surface area contributed by atoms with E-state index >= 15 is 0 Å². The number of aromatic nitrogens is 2. The largest absolute Gasteiger partial charge is 0.383 e. The van der Waals surface area contributed by atoms with Crippen LogP contribution in [0.15, 0.2) is 12.4 Å². The van der Waals surface area contributed by atoms with Crippen LogP contribution in [0.3, 0.4) is 0 Å². The molecule has 0 unspecified atom stereocenters. The molecular formula is C10H19N5O. The molecule has 0 radical (unpaired) electrons. The Morgan fingerprint density at radius 1 is 1.50 bits per heavy atom. The van der Waals surface area contributed by atoms with Crippen molar-refractivity contribution in [1.29, 1.82) is 0 Å². The molecule has 0 aliphatic carbocycles. The molecule has 0 fully saturated rings. The summed E-state index contributed by atoms with van der Waals surface area (Å²) in [6, 6.07) is 1.89. The van der Waals surface area contributed by atoms with E-state index in [9.17, 15) is 0 Å². The van der Waals surface area contributed by atoms with Gasteiger partial charge in [-0.3, -0.25) is 0 Å². The molecular weight excluding hydrogens is 206 g/mol. The van der Waals surface area contributed by atoms with Crippen molar-refractivity contribution in [3.8, 4) is 0 Å². The minimum absolute atomic E-state index is 0.604. The Morgan fingerprint density at radius 3 is 3.00 bits per heavy atom. The van der Waals surface area contributed by atoms with Crippen LogP contribution in [-0.2, 0) is 4.74 Å². The topological polar surface area (TPSA) is 76.3 Å². The van der Waals surface area contributed by atoms with Gasteiger partial charge in [-0.25, -0.2) is 9.97 Å². The number of hydrogen-bond acceptors (Lipinski definition) is 6. The molecule has 1 heterocycles. The maximum atomic E-state index is 5.49. The Kier molecular flexibility index (Phi) is 5.52. The van der Waals surface area contributed by atoms with Gasteiger partial charge in [0.15, 0.2) is 0 Å². The first-order valence-corrected chi connectivity index (χ1v) is 5.24. The van der Waals surface area contributed by atoms with E-state index in [1.807, 2.05) is 18.0 Å². The number of methoxy groups -OCH3 is 1. The van der Waals surface area contributed by atoms with Crippen LogP contribution in [0, 0.1) is 0 Å². The van der Waals surface area contributed by atoms with E-state index in [4.69, 9.17) is 10.5 Å². The number of anilines is 2. The maximum Gasteiger partial charge on any atom is 0.133 e. The first-order valence-electron chi connectivity index (χ1n) is 5.24. The van der Waals surface area contributed by atoms with Crippen LogP contribution in [0.4, 0.5) is 11.6 Å². The smallest absolute Gasteiger partial charge is 0.133 e. The van der Waals surface area contributed by atoms with Crippen molar-refractivity contribution in [3.63, 3.8) is 0 Å². The number of ether oxygens (including phenoxy) is 1. The molecule has 0 atom stereocenters. The molecule has 0 saturated heterocycles. The lowest BCUT2D eigenvalue weighted by Crippen LogP contribution is -2.26. The zero-order valence-corrected chi connectivity index (χ0v) is 9.81. The van der Waals surface area contributed by atoms with Crippen LogP contribution in [0.2, 0.25) is 0 Å². The van der Waals surface area contributed by atoms with Crippen LogP contribution in [0.1, 0.15) is 0 Å². The fraction of sp³-hybridized carbons (Fsp3) is 0.600. The van der Waals surface area contributed by atoms with E-state index in [0.29, 0.717) is 13.2 Å². The van der Waals surface area contributed by atoms with Gasteiger partial charge in [-0.2, -0.15) is 0 Å². The molecule has 0 aromatic carbocycles. The summed E-state index contributed by atoms with van der Waals surface area (Å²) in [5.41, 5.74) is 5.49. The lowest BCUT2D eigenvalue weighted by Gasteiger charge is -2.17. The predicted molar refractivity (Wildman–Crippen MR) is 64.7 cm³/mol. The molecule has 0 spiro atoms. The molecule has 1 rings (SSSR count). The number of nitrogens with two attached hydrogens (primary N) is 1. The van der Waals surface area contributed by atoms with Gasteiger partial charge >= 0.3 is 0 Å². The van der Waals surface area contributed by atoms with Crippen LogP contribution >= 0.6 is 0 Å². The van der Waals surface area contributed by atoms with E-state index in [1.165, 1.54) is 6.33 Å². The first-order chi connectivity index (χ1) is 7.77. The summed E-state index contributed by atoms with van der Waals surface area (Å²) in [4.78, 5) is 10.3. The average molecular weight is 225 g/mol. The molecule has 90 valence electrons. The van der Waals surface area contributed by atoms with E-state index < -0.39 is 0 Å². The second kappa shape index (κ2) is 6.97. The van der Waals surface area contributed by atoms with Crippen molar-refractivity contribution in [1.82, 2.24) is 9.97 Å². The van der Waals surface area contributed by atoms with E-state index in [0.717, 1.165) is 24.7 Å². The van der Waals surface area contributed by atoms with Crippen molar-refractivity contribution in [3.05, 3.63) is 12.4 Å². The van der Waals surface area contributed by atoms with Gasteiger partial charge in [-0.1, -0.05) is 0 Å². The van der Waals surface area contributed by atoms with Crippen LogP contribution in [0.25, 0.3) is 0 Å². The highest BCUT2D eigenvalue weighted by Gasteiger charge is 2.02. The van der Waals surface area contributed by atoms with E-state index in [1.54, 1.807) is 7.11 Å². The second-order valence-corrected chi connectivity index (χ2v) is 3.39. The Balaban J connectivity index is 2.56. The lowest BCUT2D eigenvalue weighted by atomic mass is 10.4. The third-order valence-electron chi connectivity index (χ3n) is 2.12. The highest BCUT2D eigenvalue weighted by Crippen LogP contribution is 2.11. The standard InChI is InChI=1S/C10H19N5O/c1-15(5-3-11)10-7-9(13-8-14-10)12-4-6-16-2/h7-8H,3-6,11H2,1-2H3,(H,12,13,14). The van der Waals surface area contributed by atoms with Gasteiger partial charge in [0.2, 0.25) is 0 Å². The average Bonchev–Trinajstić information content (AvgIpc) is 2.30. The zero-order valence-electron chi connectivity index (χ0n) is 9.81. The summed E-state index contributed by atoms with van der Waals surface area (Å²) in [7, 11) is 3.62. The number of rotatable bonds is 7. The minimum atomic E-state index is 0.604. The van der Waals surface area contributed by atoms with E-state index in [-0.39, 0.29) is 0 Å². The summed E-state index contributed by atoms with van der Waals surface area (Å²) >= 11 is 0. The summed E-state index contributed by atoms with van der Waals surface area (Å²) in [5, 5.41) is 3.15. The first kappa shape index (κ1) is 12.7. The van der Waals surface area contributed by atoms with Crippen molar-refractivity contribution in [2.45, 2.75) is 0 Å². The molecule has 0 bridgehead atoms. The Bertz CT molecular complexity index is 307. The van der Waals surface area contributed by atoms with Crippen LogP contribution in [-0.4, -0.2) is 50.4 Å².